The Balaban J connectivity index is 2.66. The maximum absolute atomic E-state index is 11.0. The molecule has 1 aromatic carbocycles. The Morgan fingerprint density at radius 3 is 2.79 bits per heavy atom. The van der Waals surface area contributed by atoms with E-state index in [1.54, 1.807) is 31.2 Å². The highest BCUT2D eigenvalue weighted by Crippen LogP contribution is 2.15. The summed E-state index contributed by atoms with van der Waals surface area (Å²) in [5, 5.41) is 0. The quantitative estimate of drug-likeness (QED) is 0.669. The molecule has 0 amide bonds. The number of rotatable bonds is 5. The molecule has 0 aromatic heterocycles. The summed E-state index contributed by atoms with van der Waals surface area (Å²) in [7, 11) is 0. The van der Waals surface area contributed by atoms with Crippen molar-refractivity contribution in [3.8, 4) is 5.75 Å². The average Bonchev–Trinajstić information content (AvgIpc) is 2.26. The summed E-state index contributed by atoms with van der Waals surface area (Å²) in [5.74, 6) is 0.481. The van der Waals surface area contributed by atoms with Gasteiger partial charge in [-0.1, -0.05) is 19.1 Å². The van der Waals surface area contributed by atoms with E-state index in [-0.39, 0.29) is 12.4 Å². The SMILES string of the molecule is CCC(=O)COc1ccccc1C=O. The number of hydrogen-bond acceptors (Lipinski definition) is 3. The summed E-state index contributed by atoms with van der Waals surface area (Å²) in [6, 6.07) is 6.84. The summed E-state index contributed by atoms with van der Waals surface area (Å²) in [5.41, 5.74) is 0.469. The molecule has 0 bridgehead atoms. The summed E-state index contributed by atoms with van der Waals surface area (Å²) in [6.45, 7) is 1.80. The summed E-state index contributed by atoms with van der Waals surface area (Å²) in [6.07, 6.45) is 1.16. The number of para-hydroxylation sites is 1. The lowest BCUT2D eigenvalue weighted by molar-refractivity contribution is -0.120. The minimum Gasteiger partial charge on any atom is -0.485 e. The van der Waals surface area contributed by atoms with E-state index in [1.165, 1.54) is 0 Å². The van der Waals surface area contributed by atoms with Crippen molar-refractivity contribution in [2.75, 3.05) is 6.61 Å². The van der Waals surface area contributed by atoms with E-state index in [9.17, 15) is 9.59 Å². The van der Waals surface area contributed by atoms with E-state index in [4.69, 9.17) is 4.74 Å². The van der Waals surface area contributed by atoms with Gasteiger partial charge in [-0.3, -0.25) is 9.59 Å². The van der Waals surface area contributed by atoms with Crippen molar-refractivity contribution in [1.29, 1.82) is 0 Å². The normalized spacial score (nSPS) is 9.50. The number of hydrogen-bond donors (Lipinski definition) is 0. The fraction of sp³-hybridized carbons (Fsp3) is 0.273. The summed E-state index contributed by atoms with van der Waals surface area (Å²) in [4.78, 5) is 21.5. The third-order valence-corrected chi connectivity index (χ3v) is 1.83. The lowest BCUT2D eigenvalue weighted by atomic mass is 10.2. The molecule has 0 unspecified atom stereocenters. The van der Waals surface area contributed by atoms with Crippen molar-refractivity contribution < 1.29 is 14.3 Å². The predicted octanol–water partition coefficient (Wildman–Crippen LogP) is 1.86. The molecular weight excluding hydrogens is 180 g/mol. The zero-order valence-electron chi connectivity index (χ0n) is 8.03. The van der Waals surface area contributed by atoms with Crippen molar-refractivity contribution in [1.82, 2.24) is 0 Å². The molecule has 0 atom stereocenters. The third-order valence-electron chi connectivity index (χ3n) is 1.83. The lowest BCUT2D eigenvalue weighted by Gasteiger charge is -2.05. The predicted molar refractivity (Wildman–Crippen MR) is 52.6 cm³/mol. The van der Waals surface area contributed by atoms with E-state index >= 15 is 0 Å². The van der Waals surface area contributed by atoms with Gasteiger partial charge in [0.2, 0.25) is 0 Å². The maximum atomic E-state index is 11.0. The maximum Gasteiger partial charge on any atom is 0.169 e. The van der Waals surface area contributed by atoms with Crippen molar-refractivity contribution in [3.05, 3.63) is 29.8 Å². The highest BCUT2D eigenvalue weighted by atomic mass is 16.5. The lowest BCUT2D eigenvalue weighted by Crippen LogP contribution is -2.10. The number of aldehydes is 1. The van der Waals surface area contributed by atoms with E-state index in [2.05, 4.69) is 0 Å². The Labute approximate surface area is 82.7 Å². The van der Waals surface area contributed by atoms with Crippen LogP contribution in [0.1, 0.15) is 23.7 Å². The van der Waals surface area contributed by atoms with Crippen molar-refractivity contribution >= 4 is 12.1 Å². The van der Waals surface area contributed by atoms with Crippen molar-refractivity contribution in [2.24, 2.45) is 0 Å². The number of benzene rings is 1. The first-order valence-corrected chi connectivity index (χ1v) is 4.46. The number of ether oxygens (including phenoxy) is 1. The highest BCUT2D eigenvalue weighted by molar-refractivity contribution is 5.81. The Bertz CT molecular complexity index is 331. The molecule has 0 fully saturated rings. The highest BCUT2D eigenvalue weighted by Gasteiger charge is 2.03. The Morgan fingerprint density at radius 1 is 1.43 bits per heavy atom. The molecular formula is C11H12O3. The Kier molecular flexibility index (Phi) is 3.85. The molecule has 0 heterocycles. The largest absolute Gasteiger partial charge is 0.485 e. The zero-order chi connectivity index (χ0) is 10.4. The van der Waals surface area contributed by atoms with Crippen LogP contribution in [0.25, 0.3) is 0 Å². The fourth-order valence-electron chi connectivity index (χ4n) is 0.970. The monoisotopic (exact) mass is 192 g/mol. The van der Waals surface area contributed by atoms with E-state index in [0.717, 1.165) is 0 Å². The molecule has 3 nitrogen and oxygen atoms in total. The van der Waals surface area contributed by atoms with Gasteiger partial charge in [0.15, 0.2) is 12.1 Å². The number of ketones is 1. The van der Waals surface area contributed by atoms with Crippen LogP contribution in [0.4, 0.5) is 0 Å². The van der Waals surface area contributed by atoms with Crippen LogP contribution in [0.2, 0.25) is 0 Å². The van der Waals surface area contributed by atoms with Crippen molar-refractivity contribution in [3.63, 3.8) is 0 Å². The van der Waals surface area contributed by atoms with Crippen LogP contribution in [0.15, 0.2) is 24.3 Å². The molecule has 0 aliphatic carbocycles. The summed E-state index contributed by atoms with van der Waals surface area (Å²) >= 11 is 0. The van der Waals surface area contributed by atoms with Gasteiger partial charge in [-0.05, 0) is 12.1 Å². The van der Waals surface area contributed by atoms with Gasteiger partial charge >= 0.3 is 0 Å². The average molecular weight is 192 g/mol. The molecule has 74 valence electrons. The summed E-state index contributed by atoms with van der Waals surface area (Å²) < 4.78 is 5.20. The molecule has 0 aliphatic rings. The fourth-order valence-corrected chi connectivity index (χ4v) is 0.970. The second-order valence-electron chi connectivity index (χ2n) is 2.84. The Morgan fingerprint density at radius 2 is 2.14 bits per heavy atom. The molecule has 1 rings (SSSR count). The van der Waals surface area contributed by atoms with Crippen molar-refractivity contribution in [2.45, 2.75) is 13.3 Å². The smallest absolute Gasteiger partial charge is 0.169 e. The molecule has 0 spiro atoms. The Hall–Kier alpha value is -1.64. The van der Waals surface area contributed by atoms with Gasteiger partial charge in [0, 0.05) is 6.42 Å². The van der Waals surface area contributed by atoms with Gasteiger partial charge in [0.25, 0.3) is 0 Å². The molecule has 0 N–H and O–H groups in total. The van der Waals surface area contributed by atoms with Gasteiger partial charge < -0.3 is 4.74 Å². The zero-order valence-corrected chi connectivity index (χ0v) is 8.03. The van der Waals surface area contributed by atoms with Gasteiger partial charge in [-0.15, -0.1) is 0 Å². The van der Waals surface area contributed by atoms with Crippen LogP contribution in [-0.2, 0) is 4.79 Å². The van der Waals surface area contributed by atoms with Gasteiger partial charge in [-0.2, -0.15) is 0 Å². The molecule has 0 saturated heterocycles. The van der Waals surface area contributed by atoms with Crippen LogP contribution in [0.5, 0.6) is 5.75 Å². The van der Waals surface area contributed by atoms with Gasteiger partial charge in [-0.25, -0.2) is 0 Å². The molecule has 1 aromatic rings. The standard InChI is InChI=1S/C11H12O3/c1-2-10(13)8-14-11-6-4-3-5-9(11)7-12/h3-7H,2,8H2,1H3. The van der Waals surface area contributed by atoms with E-state index in [0.29, 0.717) is 24.0 Å². The molecule has 0 aliphatic heterocycles. The topological polar surface area (TPSA) is 43.4 Å². The van der Waals surface area contributed by atoms with Crippen LogP contribution in [0, 0.1) is 0 Å². The second kappa shape index (κ2) is 5.17. The number of carbonyl (C=O) groups is 2. The first-order valence-electron chi connectivity index (χ1n) is 4.46. The van der Waals surface area contributed by atoms with Crippen LogP contribution in [0.3, 0.4) is 0 Å². The minimum absolute atomic E-state index is 0.0192. The molecule has 14 heavy (non-hydrogen) atoms. The van der Waals surface area contributed by atoms with Crippen LogP contribution >= 0.6 is 0 Å². The van der Waals surface area contributed by atoms with E-state index < -0.39 is 0 Å². The minimum atomic E-state index is 0.0192. The first-order chi connectivity index (χ1) is 6.77. The first kappa shape index (κ1) is 10.4. The van der Waals surface area contributed by atoms with Gasteiger partial charge in [0.1, 0.15) is 12.4 Å². The number of Topliss-reactive ketones (excluding diaryl/α,β-unsaturated/α-hetero) is 1. The third kappa shape index (κ3) is 2.69. The van der Waals surface area contributed by atoms with Gasteiger partial charge in [0.05, 0.1) is 5.56 Å². The molecule has 0 radical (unpaired) electrons. The second-order valence-corrected chi connectivity index (χ2v) is 2.84. The number of carbonyl (C=O) groups excluding carboxylic acids is 2. The van der Waals surface area contributed by atoms with Crippen LogP contribution < -0.4 is 4.74 Å². The molecule has 0 saturated carbocycles. The van der Waals surface area contributed by atoms with E-state index in [1.807, 2.05) is 0 Å². The molecule has 3 heteroatoms. The van der Waals surface area contributed by atoms with Crippen LogP contribution in [-0.4, -0.2) is 18.7 Å².